The van der Waals surface area contributed by atoms with Crippen molar-refractivity contribution in [2.75, 3.05) is 7.11 Å². The molecular formula is C14H12BrCl2NO. The Kier molecular flexibility index (Phi) is 4.74. The van der Waals surface area contributed by atoms with Gasteiger partial charge in [-0.2, -0.15) is 0 Å². The van der Waals surface area contributed by atoms with E-state index < -0.39 is 0 Å². The van der Waals surface area contributed by atoms with Crippen LogP contribution in [0.1, 0.15) is 17.2 Å². The SMILES string of the molecule is COc1ccc(C(N)c2ccc(Br)cc2Cl)cc1Cl. The topological polar surface area (TPSA) is 35.2 Å². The highest BCUT2D eigenvalue weighted by atomic mass is 79.9. The van der Waals surface area contributed by atoms with Gasteiger partial charge in [0.15, 0.2) is 0 Å². The van der Waals surface area contributed by atoms with Crippen molar-refractivity contribution >= 4 is 39.1 Å². The third-order valence-corrected chi connectivity index (χ3v) is 3.95. The molecule has 2 rings (SSSR count). The first-order valence-corrected chi connectivity index (χ1v) is 7.11. The minimum Gasteiger partial charge on any atom is -0.495 e. The summed E-state index contributed by atoms with van der Waals surface area (Å²) in [5, 5.41) is 1.15. The molecule has 19 heavy (non-hydrogen) atoms. The van der Waals surface area contributed by atoms with E-state index in [9.17, 15) is 0 Å². The predicted molar refractivity (Wildman–Crippen MR) is 83.2 cm³/mol. The van der Waals surface area contributed by atoms with E-state index in [-0.39, 0.29) is 6.04 Å². The Hall–Kier alpha value is -0.740. The Morgan fingerprint density at radius 1 is 1.11 bits per heavy atom. The fourth-order valence-corrected chi connectivity index (χ4v) is 2.87. The Balaban J connectivity index is 2.38. The lowest BCUT2D eigenvalue weighted by Crippen LogP contribution is -2.12. The van der Waals surface area contributed by atoms with Gasteiger partial charge >= 0.3 is 0 Å². The lowest BCUT2D eigenvalue weighted by Gasteiger charge is -2.15. The van der Waals surface area contributed by atoms with Crippen LogP contribution in [0.4, 0.5) is 0 Å². The summed E-state index contributed by atoms with van der Waals surface area (Å²) in [5.74, 6) is 0.625. The number of nitrogens with two attached hydrogens (primary N) is 1. The zero-order valence-electron chi connectivity index (χ0n) is 10.2. The summed E-state index contributed by atoms with van der Waals surface area (Å²) in [5.41, 5.74) is 7.97. The maximum Gasteiger partial charge on any atom is 0.137 e. The van der Waals surface area contributed by atoms with Crippen LogP contribution in [0.15, 0.2) is 40.9 Å². The molecule has 0 aliphatic rings. The molecule has 0 fully saturated rings. The smallest absolute Gasteiger partial charge is 0.137 e. The molecule has 5 heteroatoms. The molecule has 100 valence electrons. The monoisotopic (exact) mass is 359 g/mol. The lowest BCUT2D eigenvalue weighted by molar-refractivity contribution is 0.415. The van der Waals surface area contributed by atoms with Crippen molar-refractivity contribution in [3.05, 3.63) is 62.0 Å². The predicted octanol–water partition coefficient (Wildman–Crippen LogP) is 4.81. The maximum atomic E-state index is 6.23. The number of hydrogen-bond donors (Lipinski definition) is 1. The summed E-state index contributed by atoms with van der Waals surface area (Å²) in [6, 6.07) is 10.8. The van der Waals surface area contributed by atoms with Gasteiger partial charge in [-0.3, -0.25) is 0 Å². The summed E-state index contributed by atoms with van der Waals surface area (Å²) in [6.07, 6.45) is 0. The van der Waals surface area contributed by atoms with Gasteiger partial charge in [0, 0.05) is 9.50 Å². The van der Waals surface area contributed by atoms with Crippen molar-refractivity contribution in [1.29, 1.82) is 0 Å². The van der Waals surface area contributed by atoms with Crippen LogP contribution in [0.3, 0.4) is 0 Å². The Morgan fingerprint density at radius 3 is 2.42 bits per heavy atom. The molecule has 0 spiro atoms. The molecule has 0 aromatic heterocycles. The highest BCUT2D eigenvalue weighted by Crippen LogP contribution is 2.32. The molecule has 0 aliphatic heterocycles. The zero-order valence-corrected chi connectivity index (χ0v) is 13.3. The minimum atomic E-state index is -0.330. The van der Waals surface area contributed by atoms with Crippen molar-refractivity contribution in [3.8, 4) is 5.75 Å². The second-order valence-electron chi connectivity index (χ2n) is 4.04. The molecule has 1 unspecified atom stereocenters. The molecule has 0 saturated heterocycles. The summed E-state index contributed by atoms with van der Waals surface area (Å²) in [4.78, 5) is 0. The van der Waals surface area contributed by atoms with Gasteiger partial charge in [-0.05, 0) is 35.4 Å². The highest BCUT2D eigenvalue weighted by Gasteiger charge is 2.14. The van der Waals surface area contributed by atoms with Crippen LogP contribution in [0.2, 0.25) is 10.0 Å². The van der Waals surface area contributed by atoms with E-state index in [1.807, 2.05) is 24.3 Å². The molecule has 0 aliphatic carbocycles. The van der Waals surface area contributed by atoms with Crippen LogP contribution in [0.25, 0.3) is 0 Å². The molecule has 0 radical (unpaired) electrons. The van der Waals surface area contributed by atoms with Crippen LogP contribution >= 0.6 is 39.1 Å². The first-order chi connectivity index (χ1) is 9.02. The van der Waals surface area contributed by atoms with Gasteiger partial charge in [0.2, 0.25) is 0 Å². The third kappa shape index (κ3) is 3.23. The van der Waals surface area contributed by atoms with E-state index >= 15 is 0 Å². The highest BCUT2D eigenvalue weighted by molar-refractivity contribution is 9.10. The normalized spacial score (nSPS) is 12.3. The maximum absolute atomic E-state index is 6.23. The minimum absolute atomic E-state index is 0.330. The van der Waals surface area contributed by atoms with E-state index in [2.05, 4.69) is 15.9 Å². The van der Waals surface area contributed by atoms with Crippen molar-refractivity contribution < 1.29 is 4.74 Å². The molecule has 2 N–H and O–H groups in total. The first kappa shape index (κ1) is 14.7. The van der Waals surface area contributed by atoms with Crippen LogP contribution in [0, 0.1) is 0 Å². The van der Waals surface area contributed by atoms with Gasteiger partial charge in [0.25, 0.3) is 0 Å². The molecule has 0 bridgehead atoms. The Bertz CT molecular complexity index is 604. The first-order valence-electron chi connectivity index (χ1n) is 5.57. The van der Waals surface area contributed by atoms with Gasteiger partial charge in [-0.25, -0.2) is 0 Å². The molecule has 0 saturated carbocycles. The van der Waals surface area contributed by atoms with E-state index in [4.69, 9.17) is 33.7 Å². The standard InChI is InChI=1S/C14H12BrCl2NO/c1-19-13-5-2-8(6-12(13)17)14(18)10-4-3-9(15)7-11(10)16/h2-7,14H,18H2,1H3. The zero-order chi connectivity index (χ0) is 14.0. The fraction of sp³-hybridized carbons (Fsp3) is 0.143. The van der Waals surface area contributed by atoms with E-state index in [0.717, 1.165) is 15.6 Å². The number of hydrogen-bond acceptors (Lipinski definition) is 2. The molecule has 2 nitrogen and oxygen atoms in total. The summed E-state index contributed by atoms with van der Waals surface area (Å²) < 4.78 is 6.04. The van der Waals surface area contributed by atoms with Gasteiger partial charge in [-0.1, -0.05) is 51.3 Å². The number of rotatable bonds is 3. The summed E-state index contributed by atoms with van der Waals surface area (Å²) in [6.45, 7) is 0. The second kappa shape index (κ2) is 6.14. The van der Waals surface area contributed by atoms with Crippen molar-refractivity contribution in [1.82, 2.24) is 0 Å². The fourth-order valence-electron chi connectivity index (χ4n) is 1.81. The Morgan fingerprint density at radius 2 is 1.84 bits per heavy atom. The Labute approximate surface area is 130 Å². The van der Waals surface area contributed by atoms with E-state index in [1.165, 1.54) is 0 Å². The lowest BCUT2D eigenvalue weighted by atomic mass is 9.99. The van der Waals surface area contributed by atoms with E-state index in [1.54, 1.807) is 19.2 Å². The molecular weight excluding hydrogens is 349 g/mol. The number of benzene rings is 2. The molecule has 0 heterocycles. The van der Waals surface area contributed by atoms with Gasteiger partial charge < -0.3 is 10.5 Å². The molecule has 0 amide bonds. The molecule has 1 atom stereocenters. The number of halogens is 3. The van der Waals surface area contributed by atoms with Gasteiger partial charge in [0.05, 0.1) is 18.2 Å². The number of ether oxygens (including phenoxy) is 1. The van der Waals surface area contributed by atoms with E-state index in [0.29, 0.717) is 15.8 Å². The van der Waals surface area contributed by atoms with Crippen molar-refractivity contribution in [3.63, 3.8) is 0 Å². The quantitative estimate of drug-likeness (QED) is 0.852. The third-order valence-electron chi connectivity index (χ3n) is 2.83. The van der Waals surface area contributed by atoms with Gasteiger partial charge in [0.1, 0.15) is 5.75 Å². The van der Waals surface area contributed by atoms with Crippen LogP contribution in [-0.2, 0) is 0 Å². The van der Waals surface area contributed by atoms with Crippen LogP contribution < -0.4 is 10.5 Å². The average molecular weight is 361 g/mol. The van der Waals surface area contributed by atoms with Gasteiger partial charge in [-0.15, -0.1) is 0 Å². The van der Waals surface area contributed by atoms with Crippen LogP contribution in [-0.4, -0.2) is 7.11 Å². The molecule has 2 aromatic rings. The number of methoxy groups -OCH3 is 1. The average Bonchev–Trinajstić information content (AvgIpc) is 2.38. The summed E-state index contributed by atoms with van der Waals surface area (Å²) in [7, 11) is 1.58. The van der Waals surface area contributed by atoms with Crippen molar-refractivity contribution in [2.45, 2.75) is 6.04 Å². The second-order valence-corrected chi connectivity index (χ2v) is 5.77. The van der Waals surface area contributed by atoms with Crippen LogP contribution in [0.5, 0.6) is 5.75 Å². The van der Waals surface area contributed by atoms with Crippen molar-refractivity contribution in [2.24, 2.45) is 5.73 Å². The summed E-state index contributed by atoms with van der Waals surface area (Å²) >= 11 is 15.7. The largest absolute Gasteiger partial charge is 0.495 e. The molecule has 2 aromatic carbocycles.